The van der Waals surface area contributed by atoms with Gasteiger partial charge in [-0.25, -0.2) is 18.2 Å². The van der Waals surface area contributed by atoms with E-state index in [0.29, 0.717) is 22.2 Å². The smallest absolute Gasteiger partial charge is 0.364 e. The molecule has 3 aromatic heterocycles. The molecule has 6 aromatic rings. The third kappa shape index (κ3) is 2.94. The number of hydrogen-bond acceptors (Lipinski definition) is 5. The van der Waals surface area contributed by atoms with Crippen molar-refractivity contribution in [1.82, 2.24) is 14.1 Å². The Morgan fingerprint density at radius 3 is 2.59 bits per heavy atom. The molecule has 3 heterocycles. The first kappa shape index (κ1) is 20.5. The van der Waals surface area contributed by atoms with Crippen LogP contribution in [0, 0.1) is 0 Å². The molecule has 0 saturated carbocycles. The first-order chi connectivity index (χ1) is 16.4. The number of benzene rings is 3. The SMILES string of the molecule is CCn1c2ccccc2c2cc(NS(=O)(=O)c3ccc4oc(=O)c5ncn(C)c5c4c3)ccc21. The van der Waals surface area contributed by atoms with E-state index >= 15 is 0 Å². The number of nitrogens with one attached hydrogen (secondary N) is 1. The zero-order valence-corrected chi connectivity index (χ0v) is 19.3. The lowest BCUT2D eigenvalue weighted by atomic mass is 10.1. The van der Waals surface area contributed by atoms with Crippen molar-refractivity contribution in [2.75, 3.05) is 4.72 Å². The highest BCUT2D eigenvalue weighted by Gasteiger charge is 2.19. The quantitative estimate of drug-likeness (QED) is 0.378. The van der Waals surface area contributed by atoms with Gasteiger partial charge in [0.15, 0.2) is 5.52 Å². The highest BCUT2D eigenvalue weighted by molar-refractivity contribution is 7.92. The van der Waals surface area contributed by atoms with Gasteiger partial charge in [-0.05, 0) is 49.4 Å². The van der Waals surface area contributed by atoms with E-state index < -0.39 is 15.6 Å². The summed E-state index contributed by atoms with van der Waals surface area (Å²) >= 11 is 0. The standard InChI is InChI=1S/C25H20N4O4S/c1-3-29-20-7-5-4-6-17(20)18-12-15(8-10-21(18)29)27-34(31,32)16-9-11-22-19(13-16)24-23(25(30)33-22)26-14-28(24)2/h4-14,27H,3H2,1-2H3. The van der Waals surface area contributed by atoms with Gasteiger partial charge in [0.1, 0.15) is 5.58 Å². The number of para-hydroxylation sites is 1. The van der Waals surface area contributed by atoms with Crippen LogP contribution in [0.5, 0.6) is 0 Å². The molecule has 0 atom stereocenters. The molecule has 0 bridgehead atoms. The molecule has 0 unspecified atom stereocenters. The van der Waals surface area contributed by atoms with E-state index in [2.05, 4.69) is 27.3 Å². The molecule has 170 valence electrons. The first-order valence-electron chi connectivity index (χ1n) is 10.8. The lowest BCUT2D eigenvalue weighted by Gasteiger charge is -2.10. The molecule has 0 fully saturated rings. The summed E-state index contributed by atoms with van der Waals surface area (Å²) in [6, 6.07) is 18.1. The van der Waals surface area contributed by atoms with Crippen molar-refractivity contribution < 1.29 is 12.8 Å². The average molecular weight is 473 g/mol. The maximum atomic E-state index is 13.3. The van der Waals surface area contributed by atoms with E-state index in [0.717, 1.165) is 28.4 Å². The predicted molar refractivity (Wildman–Crippen MR) is 133 cm³/mol. The minimum atomic E-state index is -3.91. The number of fused-ring (bicyclic) bond motifs is 6. The van der Waals surface area contributed by atoms with E-state index in [1.54, 1.807) is 17.7 Å². The van der Waals surface area contributed by atoms with Crippen LogP contribution in [0.2, 0.25) is 0 Å². The molecule has 0 radical (unpaired) electrons. The van der Waals surface area contributed by atoms with Gasteiger partial charge in [-0.15, -0.1) is 0 Å². The Labute approximate surface area is 194 Å². The summed E-state index contributed by atoms with van der Waals surface area (Å²) in [5.41, 5.74) is 3.05. The van der Waals surface area contributed by atoms with Crippen LogP contribution in [-0.2, 0) is 23.6 Å². The summed E-state index contributed by atoms with van der Waals surface area (Å²) < 4.78 is 38.5. The molecule has 0 aliphatic heterocycles. The van der Waals surface area contributed by atoms with Crippen molar-refractivity contribution >= 4 is 59.5 Å². The molecule has 0 saturated heterocycles. The van der Waals surface area contributed by atoms with Crippen LogP contribution in [-0.4, -0.2) is 22.5 Å². The second-order valence-electron chi connectivity index (χ2n) is 8.20. The first-order valence-corrected chi connectivity index (χ1v) is 12.3. The Kier molecular flexibility index (Phi) is 4.34. The molecule has 3 aromatic carbocycles. The van der Waals surface area contributed by atoms with Crippen LogP contribution in [0.4, 0.5) is 5.69 Å². The van der Waals surface area contributed by atoms with Crippen molar-refractivity contribution in [3.05, 3.63) is 77.4 Å². The zero-order chi connectivity index (χ0) is 23.6. The molecule has 1 N–H and O–H groups in total. The van der Waals surface area contributed by atoms with Crippen LogP contribution in [0.3, 0.4) is 0 Å². The number of imidazole rings is 1. The summed E-state index contributed by atoms with van der Waals surface area (Å²) in [6.45, 7) is 2.90. The van der Waals surface area contributed by atoms with Crippen LogP contribution >= 0.6 is 0 Å². The predicted octanol–water partition coefficient (Wildman–Crippen LogP) is 4.61. The lowest BCUT2D eigenvalue weighted by molar-refractivity contribution is 0.567. The lowest BCUT2D eigenvalue weighted by Crippen LogP contribution is -2.13. The molecular weight excluding hydrogens is 452 g/mol. The minimum absolute atomic E-state index is 0.0624. The Balaban J connectivity index is 1.47. The number of rotatable bonds is 4. The van der Waals surface area contributed by atoms with Crippen molar-refractivity contribution in [1.29, 1.82) is 0 Å². The van der Waals surface area contributed by atoms with Gasteiger partial charge >= 0.3 is 5.63 Å². The largest absolute Gasteiger partial charge is 0.421 e. The van der Waals surface area contributed by atoms with E-state index in [4.69, 9.17) is 4.42 Å². The maximum Gasteiger partial charge on any atom is 0.364 e. The third-order valence-corrected chi connectivity index (χ3v) is 7.57. The third-order valence-electron chi connectivity index (χ3n) is 6.19. The monoisotopic (exact) mass is 472 g/mol. The highest BCUT2D eigenvalue weighted by Crippen LogP contribution is 2.32. The number of anilines is 1. The molecule has 34 heavy (non-hydrogen) atoms. The number of aromatic nitrogens is 3. The number of hydrogen-bond donors (Lipinski definition) is 1. The van der Waals surface area contributed by atoms with E-state index in [1.807, 2.05) is 30.3 Å². The summed E-state index contributed by atoms with van der Waals surface area (Å²) in [5, 5.41) is 2.55. The van der Waals surface area contributed by atoms with Gasteiger partial charge in [0.2, 0.25) is 0 Å². The molecule has 9 heteroatoms. The van der Waals surface area contributed by atoms with E-state index in [-0.39, 0.29) is 10.4 Å². The highest BCUT2D eigenvalue weighted by atomic mass is 32.2. The Morgan fingerprint density at radius 1 is 0.971 bits per heavy atom. The summed E-state index contributed by atoms with van der Waals surface area (Å²) in [5.74, 6) is 0. The topological polar surface area (TPSA) is 99.1 Å². The fourth-order valence-corrected chi connectivity index (χ4v) is 5.74. The minimum Gasteiger partial charge on any atom is -0.421 e. The number of aryl methyl sites for hydroxylation is 2. The summed E-state index contributed by atoms with van der Waals surface area (Å²) in [6.07, 6.45) is 1.50. The Hall–Kier alpha value is -4.11. The van der Waals surface area contributed by atoms with Crippen molar-refractivity contribution in [3.63, 3.8) is 0 Å². The molecule has 0 amide bonds. The van der Waals surface area contributed by atoms with Gasteiger partial charge in [-0.3, -0.25) is 4.72 Å². The van der Waals surface area contributed by atoms with Crippen molar-refractivity contribution in [2.24, 2.45) is 7.05 Å². The molecule has 6 rings (SSSR count). The van der Waals surface area contributed by atoms with Gasteiger partial charge in [0.05, 0.1) is 16.7 Å². The van der Waals surface area contributed by atoms with Crippen LogP contribution in [0.25, 0.3) is 43.8 Å². The molecule has 8 nitrogen and oxygen atoms in total. The number of nitrogens with zero attached hydrogens (tertiary/aromatic N) is 3. The van der Waals surface area contributed by atoms with Gasteiger partial charge in [0, 0.05) is 46.5 Å². The van der Waals surface area contributed by atoms with Crippen LogP contribution in [0.1, 0.15) is 6.92 Å². The molecule has 0 aliphatic rings. The summed E-state index contributed by atoms with van der Waals surface area (Å²) in [7, 11) is -2.16. The van der Waals surface area contributed by atoms with Crippen molar-refractivity contribution in [3.8, 4) is 0 Å². The van der Waals surface area contributed by atoms with E-state index in [9.17, 15) is 13.2 Å². The summed E-state index contributed by atoms with van der Waals surface area (Å²) in [4.78, 5) is 16.3. The fourth-order valence-electron chi connectivity index (χ4n) is 4.67. The second kappa shape index (κ2) is 7.19. The van der Waals surface area contributed by atoms with Crippen LogP contribution < -0.4 is 10.3 Å². The van der Waals surface area contributed by atoms with E-state index in [1.165, 1.54) is 24.5 Å². The average Bonchev–Trinajstić information content (AvgIpc) is 3.37. The van der Waals surface area contributed by atoms with Crippen LogP contribution in [0.15, 0.2) is 81.1 Å². The van der Waals surface area contributed by atoms with Gasteiger partial charge in [-0.1, -0.05) is 18.2 Å². The van der Waals surface area contributed by atoms with Gasteiger partial charge in [0.25, 0.3) is 10.0 Å². The number of sulfonamides is 1. The van der Waals surface area contributed by atoms with Gasteiger partial charge in [-0.2, -0.15) is 0 Å². The fraction of sp³-hybridized carbons (Fsp3) is 0.120. The normalized spacial score (nSPS) is 12.3. The van der Waals surface area contributed by atoms with Crippen molar-refractivity contribution in [2.45, 2.75) is 18.4 Å². The zero-order valence-electron chi connectivity index (χ0n) is 18.4. The molecular formula is C25H20N4O4S. The Morgan fingerprint density at radius 2 is 1.76 bits per heavy atom. The Bertz CT molecular complexity index is 1930. The second-order valence-corrected chi connectivity index (χ2v) is 9.88. The maximum absolute atomic E-state index is 13.3. The van der Waals surface area contributed by atoms with Gasteiger partial charge < -0.3 is 13.6 Å². The molecule has 0 spiro atoms. The molecule has 0 aliphatic carbocycles.